The maximum Gasteiger partial charge on any atom is 0.264 e. The number of carbonyl (C=O) groups is 6. The Bertz CT molecular complexity index is 3140. The number of benzene rings is 2. The summed E-state index contributed by atoms with van der Waals surface area (Å²) in [5.41, 5.74) is 6.97. The third kappa shape index (κ3) is 23.7. The number of ketones is 2. The molecule has 566 valence electrons. The summed E-state index contributed by atoms with van der Waals surface area (Å²) in [5, 5.41) is 24.8. The van der Waals surface area contributed by atoms with Gasteiger partial charge in [0.15, 0.2) is 49.1 Å². The maximum absolute atomic E-state index is 14.3. The quantitative estimate of drug-likeness (QED) is 0.0156. The minimum atomic E-state index is -2.25. The number of Topliss-reactive ketones (excluding diaryl/α,β-unsaturated/α-hetero) is 2. The van der Waals surface area contributed by atoms with Crippen molar-refractivity contribution < 1.29 is 66.7 Å². The number of nitrogens with two attached hydrogens (primary N) is 1. The van der Waals surface area contributed by atoms with Crippen LogP contribution in [0.5, 0.6) is 11.5 Å². The van der Waals surface area contributed by atoms with Crippen LogP contribution in [0.3, 0.4) is 0 Å². The average Bonchev–Trinajstić information content (AvgIpc) is 1.56. The van der Waals surface area contributed by atoms with E-state index in [1.807, 2.05) is 77.1 Å². The van der Waals surface area contributed by atoms with E-state index in [1.165, 1.54) is 31.5 Å². The fourth-order valence-corrected chi connectivity index (χ4v) is 19.8. The van der Waals surface area contributed by atoms with E-state index in [2.05, 4.69) is 59.2 Å². The molecular weight excluding hydrogens is 1360 g/mol. The second kappa shape index (κ2) is 38.0. The van der Waals surface area contributed by atoms with E-state index in [0.717, 1.165) is 73.2 Å². The van der Waals surface area contributed by atoms with Crippen LogP contribution in [0, 0.1) is 17.8 Å². The van der Waals surface area contributed by atoms with Gasteiger partial charge in [-0.3, -0.25) is 33.7 Å². The summed E-state index contributed by atoms with van der Waals surface area (Å²) < 4.78 is 45.8. The van der Waals surface area contributed by atoms with E-state index in [9.17, 15) is 33.9 Å². The van der Waals surface area contributed by atoms with Gasteiger partial charge >= 0.3 is 0 Å². The molecule has 2 aliphatic heterocycles. The molecule has 0 aromatic heterocycles. The summed E-state index contributed by atoms with van der Waals surface area (Å²) in [6, 6.07) is 11.8. The Balaban J connectivity index is 0.945. The smallest absolute Gasteiger partial charge is 0.264 e. The maximum atomic E-state index is 14.3. The number of hydrogen-bond acceptors (Lipinski definition) is 19. The van der Waals surface area contributed by atoms with Gasteiger partial charge in [-0.2, -0.15) is 23.5 Å². The van der Waals surface area contributed by atoms with Crippen LogP contribution in [0.4, 0.5) is 0 Å². The van der Waals surface area contributed by atoms with Crippen LogP contribution in [0.1, 0.15) is 176 Å². The molecule has 25 heteroatoms. The number of amides is 4. The van der Waals surface area contributed by atoms with Crippen molar-refractivity contribution in [2.75, 3.05) is 83.1 Å². The zero-order valence-electron chi connectivity index (χ0n) is 63.0. The number of hydrogen-bond donors (Lipinski definition) is 6. The first kappa shape index (κ1) is 83.6. The Hall–Kier alpha value is -4.67. The van der Waals surface area contributed by atoms with Crippen molar-refractivity contribution in [3.8, 4) is 11.5 Å². The molecule has 7 rings (SSSR count). The molecule has 2 aromatic carbocycles. The number of thiocarbonyl (C=S) groups is 1. The molecular formula is C76H121N7O14S3Si. The van der Waals surface area contributed by atoms with Crippen LogP contribution in [0.2, 0.25) is 19.1 Å². The van der Waals surface area contributed by atoms with Crippen LogP contribution in [0.15, 0.2) is 54.3 Å². The minimum absolute atomic E-state index is 0.0870. The summed E-state index contributed by atoms with van der Waals surface area (Å²) in [7, 11) is 1.15. The second-order valence-corrected chi connectivity index (χ2v) is 37.6. The molecule has 21 nitrogen and oxygen atoms in total. The Labute approximate surface area is 617 Å². The number of carbonyl (C=O) groups excluding carboxylic acids is 6. The number of likely N-dealkylation sites (tertiary alicyclic amines) is 1. The highest BCUT2D eigenvalue weighted by atomic mass is 32.2. The van der Waals surface area contributed by atoms with Gasteiger partial charge in [-0.15, -0.1) is 0 Å². The van der Waals surface area contributed by atoms with Gasteiger partial charge < -0.3 is 69.9 Å². The van der Waals surface area contributed by atoms with Crippen molar-refractivity contribution in [2.24, 2.45) is 23.5 Å². The fourth-order valence-electron chi connectivity index (χ4n) is 14.8. The van der Waals surface area contributed by atoms with E-state index in [4.69, 9.17) is 50.8 Å². The summed E-state index contributed by atoms with van der Waals surface area (Å²) >= 11 is 9.22. The third-order valence-electron chi connectivity index (χ3n) is 20.1. The first-order chi connectivity index (χ1) is 47.8. The van der Waals surface area contributed by atoms with E-state index in [0.29, 0.717) is 99.9 Å². The monoisotopic (exact) mass is 1480 g/mol. The van der Waals surface area contributed by atoms with Gasteiger partial charge in [0.2, 0.25) is 23.6 Å². The molecule has 0 radical (unpaired) electrons. The molecule has 3 aliphatic carbocycles. The lowest BCUT2D eigenvalue weighted by Crippen LogP contribution is -2.75. The molecule has 1 saturated carbocycles. The Morgan fingerprint density at radius 1 is 0.861 bits per heavy atom. The second-order valence-electron chi connectivity index (χ2n) is 30.7. The molecule has 7 N–H and O–H groups in total. The summed E-state index contributed by atoms with van der Waals surface area (Å²) in [4.78, 5) is 86.4. The molecule has 2 bridgehead atoms. The van der Waals surface area contributed by atoms with Crippen LogP contribution in [-0.2, 0) is 70.4 Å². The number of aliphatic hydroxyl groups is 1. The molecule has 2 fully saturated rings. The third-order valence-corrected chi connectivity index (χ3v) is 25.1. The average molecular weight is 1480 g/mol. The lowest BCUT2D eigenvalue weighted by Gasteiger charge is -2.62. The van der Waals surface area contributed by atoms with Gasteiger partial charge in [-0.05, 0) is 172 Å². The van der Waals surface area contributed by atoms with Crippen LogP contribution in [0.25, 0.3) is 0 Å². The summed E-state index contributed by atoms with van der Waals surface area (Å²) in [6.45, 7) is 27.2. The van der Waals surface area contributed by atoms with Crippen molar-refractivity contribution in [1.82, 2.24) is 31.1 Å². The minimum Gasteiger partial charge on any atom is -0.493 e. The van der Waals surface area contributed by atoms with Gasteiger partial charge in [0.05, 0.1) is 48.5 Å². The van der Waals surface area contributed by atoms with Crippen LogP contribution in [-0.4, -0.2) is 200 Å². The van der Waals surface area contributed by atoms with Crippen LogP contribution >= 0.6 is 35.7 Å². The van der Waals surface area contributed by atoms with Gasteiger partial charge in [0.1, 0.15) is 5.76 Å². The summed E-state index contributed by atoms with van der Waals surface area (Å²) in [6.07, 6.45) is 10.9. The predicted octanol–water partition coefficient (Wildman–Crippen LogP) is 10.1. The number of piperidine rings is 1. The first-order valence-corrected chi connectivity index (χ1v) is 42.9. The zero-order chi connectivity index (χ0) is 73.9. The van der Waals surface area contributed by atoms with Crippen molar-refractivity contribution in [3.63, 3.8) is 0 Å². The molecule has 1 saturated heterocycles. The van der Waals surface area contributed by atoms with Gasteiger partial charge in [0.25, 0.3) is 5.17 Å². The molecule has 101 heavy (non-hydrogen) atoms. The lowest BCUT2D eigenvalue weighted by molar-refractivity contribution is -0.350. The number of ether oxygens (including phenoxy) is 6. The van der Waals surface area contributed by atoms with Crippen molar-refractivity contribution in [1.29, 1.82) is 0 Å². The van der Waals surface area contributed by atoms with E-state index in [1.54, 1.807) is 44.7 Å². The topological polar surface area (TPSA) is 268 Å². The van der Waals surface area contributed by atoms with Gasteiger partial charge in [-0.1, -0.05) is 76.4 Å². The largest absolute Gasteiger partial charge is 0.493 e. The van der Waals surface area contributed by atoms with Crippen molar-refractivity contribution in [3.05, 3.63) is 71.0 Å². The van der Waals surface area contributed by atoms with E-state index in [-0.39, 0.29) is 72.2 Å². The molecule has 5 aliphatic rings. The zero-order valence-corrected chi connectivity index (χ0v) is 66.4. The standard InChI is InChI=1S/C76H121N7O14S3Si/c1-15-17-44-101(13,14)97-74(10,96-73(9,95-72(6,7)8)33-41-99-43-40-92-39-16-2)34-42-100-50-59(81-53(5)84)61(86)45-51(3)68(87)80-52(4)60(85)47-57(25-21-22-35-78-70(89)58(77)46-54-23-19-18-20-24-54)69(88)79-36-38-82(11)71(98)93-63-30-31-76(90)64-48-56-28-29-62(91-12)66-65(56)75(76,67(63)94-66)32-37-83(64)49-55-26-27-55/h18-20,23-24,28-30,51-52,55,57-59,64,67,90H,15-17,21-22,25-27,31-50,77H2,1-14H3,(H,78,89)(H,79,88)(H,80,87)(H,81,84)/t51?,52?,57?,58?,59?,64-,67+,73?,74?,75+,76-/m1/s1. The fraction of sp³-hybridized carbons (Fsp3) is 0.724. The molecule has 2 aromatic rings. The molecule has 7 unspecified atom stereocenters. The highest BCUT2D eigenvalue weighted by Crippen LogP contribution is 2.66. The normalized spacial score (nSPS) is 21.9. The predicted molar refractivity (Wildman–Crippen MR) is 407 cm³/mol. The van der Waals surface area contributed by atoms with Gasteiger partial charge in [0, 0.05) is 114 Å². The van der Waals surface area contributed by atoms with Gasteiger partial charge in [-0.25, -0.2) is 0 Å². The number of thioether (sulfide) groups is 2. The van der Waals surface area contributed by atoms with Crippen molar-refractivity contribution >= 4 is 84.4 Å². The number of likely N-dealkylation sites (N-methyl/N-ethyl adjacent to an activating group) is 1. The highest BCUT2D eigenvalue weighted by molar-refractivity contribution is 7.99. The van der Waals surface area contributed by atoms with Crippen LogP contribution < -0.4 is 36.5 Å². The molecule has 1 spiro atoms. The number of unbranched alkanes of at least 4 members (excludes halogenated alkanes) is 2. The molecule has 2 heterocycles. The number of nitrogens with one attached hydrogen (secondary N) is 4. The number of rotatable bonds is 46. The van der Waals surface area contributed by atoms with Crippen molar-refractivity contribution in [2.45, 2.75) is 250 Å². The first-order valence-electron chi connectivity index (χ1n) is 37.1. The van der Waals surface area contributed by atoms with E-state index >= 15 is 0 Å². The Morgan fingerprint density at radius 3 is 2.26 bits per heavy atom. The lowest BCUT2D eigenvalue weighted by atomic mass is 9.50. The Kier molecular flexibility index (Phi) is 31.5. The Morgan fingerprint density at radius 2 is 1.57 bits per heavy atom. The molecule has 11 atom stereocenters. The SMILES string of the molecule is CCCC[Si](C)(C)OC(C)(CCSCC(NC(C)=O)C(=O)CC(C)C(=O)NC(C)C(=O)CC(CCCCNC(=O)C(N)Cc1ccccc1)C(=O)NCCN(C)C(=S)OC1=CC[C@@]2(O)[C@H]3Cc4ccc(OC)c5c4[C@@]2(CCN3CC2CC2)[C@H]1O5)OC(C)(CCSCCOCCC)OC(C)(C)C. The number of nitrogens with zero attached hydrogens (tertiary/aromatic N) is 2. The van der Waals surface area contributed by atoms with E-state index < -0.39 is 78.5 Å². The highest BCUT2D eigenvalue weighted by Gasteiger charge is 2.72. The number of methoxy groups -OCH3 is 1. The molecule has 4 amide bonds. The summed E-state index contributed by atoms with van der Waals surface area (Å²) in [5.74, 6) is -1.11.